The number of ether oxygens (including phenoxy) is 4. The zero-order valence-electron chi connectivity index (χ0n) is 25.0. The summed E-state index contributed by atoms with van der Waals surface area (Å²) in [7, 11) is 0. The molecule has 0 radical (unpaired) electrons. The number of fused-ring (bicyclic) bond motifs is 2. The van der Waals surface area contributed by atoms with Crippen molar-refractivity contribution in [2.75, 3.05) is 13.4 Å². The summed E-state index contributed by atoms with van der Waals surface area (Å²) in [4.78, 5) is 18.7. The molecule has 0 saturated heterocycles. The Hall–Kier alpha value is -4.63. The third-order valence-corrected chi connectivity index (χ3v) is 8.00. The second kappa shape index (κ2) is 12.5. The largest absolute Gasteiger partial charge is 0.494 e. The van der Waals surface area contributed by atoms with E-state index in [0.717, 1.165) is 49.5 Å². The molecule has 9 heteroatoms. The summed E-state index contributed by atoms with van der Waals surface area (Å²) >= 11 is 3.62. The molecule has 0 atom stereocenters. The van der Waals surface area contributed by atoms with Gasteiger partial charge in [0.1, 0.15) is 18.1 Å². The first-order valence-electron chi connectivity index (χ1n) is 14.5. The molecular weight excluding hydrogens is 622 g/mol. The Morgan fingerprint density at radius 1 is 1.00 bits per heavy atom. The minimum absolute atomic E-state index is 0.211. The predicted molar refractivity (Wildman–Crippen MR) is 175 cm³/mol. The molecule has 5 aromatic rings. The molecule has 0 fully saturated rings. The Morgan fingerprint density at radius 3 is 2.61 bits per heavy atom. The minimum Gasteiger partial charge on any atom is -0.494 e. The molecule has 4 aromatic carbocycles. The molecule has 0 N–H and O–H groups in total. The van der Waals surface area contributed by atoms with Gasteiger partial charge in [-0.15, -0.1) is 0 Å². The fourth-order valence-corrected chi connectivity index (χ4v) is 5.62. The molecule has 0 aliphatic carbocycles. The van der Waals surface area contributed by atoms with Gasteiger partial charge in [-0.25, -0.2) is 4.98 Å². The molecule has 2 heterocycles. The van der Waals surface area contributed by atoms with Gasteiger partial charge in [0.15, 0.2) is 17.3 Å². The summed E-state index contributed by atoms with van der Waals surface area (Å²) in [6.07, 6.45) is 1.65. The van der Waals surface area contributed by atoms with Crippen LogP contribution in [0.4, 0.5) is 0 Å². The molecule has 0 amide bonds. The van der Waals surface area contributed by atoms with Gasteiger partial charge in [0, 0.05) is 5.56 Å². The quantitative estimate of drug-likeness (QED) is 0.151. The van der Waals surface area contributed by atoms with Crippen LogP contribution in [-0.4, -0.2) is 29.3 Å². The number of nitrogens with zero attached hydrogens (tertiary/aromatic N) is 3. The number of aromatic nitrogens is 2. The average molecular weight is 655 g/mol. The molecular formula is C35H32BrN3O5. The fraction of sp³-hybridized carbons (Fsp3) is 0.229. The smallest absolute Gasteiger partial charge is 0.282 e. The van der Waals surface area contributed by atoms with Crippen LogP contribution in [-0.2, 0) is 6.61 Å². The summed E-state index contributed by atoms with van der Waals surface area (Å²) in [5, 5.41) is 5.17. The SMILES string of the molecule is CCOc1cc(C)c(-c2nc3ccccc3c(=O)n2N=Cc2ccc(OCc3ccc4c(c3)OCO4)c(Br)c2)cc1C(C)C. The van der Waals surface area contributed by atoms with E-state index in [1.165, 1.54) is 4.68 Å². The third kappa shape index (κ3) is 5.92. The standard InChI is InChI=1S/C35H32BrN3O5/c1-5-41-32-14-22(4)27(17-26(32)21(2)3)34-38-29-9-7-6-8-25(29)35(40)39(34)37-18-23-10-12-30(28(36)15-23)42-19-24-11-13-31-33(16-24)44-20-43-31/h6-18,21H,5,19-20H2,1-4H3. The summed E-state index contributed by atoms with van der Waals surface area (Å²) in [5.74, 6) is 3.65. The highest BCUT2D eigenvalue weighted by Gasteiger charge is 2.19. The van der Waals surface area contributed by atoms with Crippen molar-refractivity contribution in [2.45, 2.75) is 40.2 Å². The highest BCUT2D eigenvalue weighted by atomic mass is 79.9. The van der Waals surface area contributed by atoms with Gasteiger partial charge in [0.2, 0.25) is 6.79 Å². The normalized spacial score (nSPS) is 12.4. The van der Waals surface area contributed by atoms with E-state index >= 15 is 0 Å². The summed E-state index contributed by atoms with van der Waals surface area (Å²) in [5.41, 5.74) is 4.93. The highest BCUT2D eigenvalue weighted by Crippen LogP contribution is 2.35. The lowest BCUT2D eigenvalue weighted by atomic mass is 9.96. The maximum absolute atomic E-state index is 13.8. The minimum atomic E-state index is -0.246. The van der Waals surface area contributed by atoms with E-state index in [-0.39, 0.29) is 18.3 Å². The van der Waals surface area contributed by atoms with Gasteiger partial charge < -0.3 is 18.9 Å². The number of aryl methyl sites for hydroxylation is 1. The van der Waals surface area contributed by atoms with Crippen LogP contribution in [0.1, 0.15) is 48.9 Å². The fourth-order valence-electron chi connectivity index (χ4n) is 5.11. The van der Waals surface area contributed by atoms with Crippen LogP contribution in [0.5, 0.6) is 23.0 Å². The van der Waals surface area contributed by atoms with Crippen molar-refractivity contribution in [3.8, 4) is 34.4 Å². The van der Waals surface area contributed by atoms with E-state index in [4.69, 9.17) is 23.9 Å². The molecule has 1 aliphatic rings. The monoisotopic (exact) mass is 653 g/mol. The molecule has 0 spiro atoms. The van der Waals surface area contributed by atoms with Crippen molar-refractivity contribution in [1.82, 2.24) is 9.66 Å². The zero-order chi connectivity index (χ0) is 30.8. The van der Waals surface area contributed by atoms with Crippen molar-refractivity contribution in [2.24, 2.45) is 5.10 Å². The van der Waals surface area contributed by atoms with Gasteiger partial charge in [-0.2, -0.15) is 9.78 Å². The Balaban J connectivity index is 1.34. The predicted octanol–water partition coefficient (Wildman–Crippen LogP) is 7.85. The van der Waals surface area contributed by atoms with Crippen LogP contribution in [0, 0.1) is 6.92 Å². The first-order chi connectivity index (χ1) is 21.3. The third-order valence-electron chi connectivity index (χ3n) is 7.38. The van der Waals surface area contributed by atoms with Gasteiger partial charge in [0.25, 0.3) is 5.56 Å². The maximum atomic E-state index is 13.8. The van der Waals surface area contributed by atoms with Gasteiger partial charge in [-0.3, -0.25) is 4.79 Å². The van der Waals surface area contributed by atoms with E-state index in [9.17, 15) is 4.79 Å². The van der Waals surface area contributed by atoms with E-state index in [2.05, 4.69) is 40.9 Å². The molecule has 1 aromatic heterocycles. The molecule has 6 rings (SSSR count). The van der Waals surface area contributed by atoms with E-state index < -0.39 is 0 Å². The van der Waals surface area contributed by atoms with Crippen LogP contribution in [0.2, 0.25) is 0 Å². The van der Waals surface area contributed by atoms with E-state index in [0.29, 0.717) is 35.7 Å². The first kappa shape index (κ1) is 29.4. The second-order valence-corrected chi connectivity index (χ2v) is 11.6. The van der Waals surface area contributed by atoms with Gasteiger partial charge in [0.05, 0.1) is 28.2 Å². The number of para-hydroxylation sites is 1. The van der Waals surface area contributed by atoms with Crippen LogP contribution in [0.25, 0.3) is 22.3 Å². The zero-order valence-corrected chi connectivity index (χ0v) is 26.6. The molecule has 0 bridgehead atoms. The van der Waals surface area contributed by atoms with Crippen LogP contribution < -0.4 is 24.5 Å². The Labute approximate surface area is 264 Å². The molecule has 224 valence electrons. The Morgan fingerprint density at radius 2 is 1.82 bits per heavy atom. The number of hydrogen-bond acceptors (Lipinski definition) is 7. The lowest BCUT2D eigenvalue weighted by Crippen LogP contribution is -2.20. The topological polar surface area (TPSA) is 84.2 Å². The number of rotatable bonds is 9. The Kier molecular flexibility index (Phi) is 8.39. The second-order valence-electron chi connectivity index (χ2n) is 10.8. The van der Waals surface area contributed by atoms with E-state index in [1.807, 2.05) is 74.5 Å². The van der Waals surface area contributed by atoms with Crippen LogP contribution in [0.15, 0.2) is 87.2 Å². The lowest BCUT2D eigenvalue weighted by Gasteiger charge is -2.18. The number of halogens is 1. The lowest BCUT2D eigenvalue weighted by molar-refractivity contribution is 0.174. The highest BCUT2D eigenvalue weighted by molar-refractivity contribution is 9.10. The summed E-state index contributed by atoms with van der Waals surface area (Å²) in [6, 6.07) is 22.8. The summed E-state index contributed by atoms with van der Waals surface area (Å²) in [6.45, 7) is 9.38. The number of benzene rings is 4. The molecule has 44 heavy (non-hydrogen) atoms. The number of hydrogen-bond donors (Lipinski definition) is 0. The summed E-state index contributed by atoms with van der Waals surface area (Å²) < 4.78 is 25.0. The molecule has 0 saturated carbocycles. The molecule has 1 aliphatic heterocycles. The molecule has 8 nitrogen and oxygen atoms in total. The maximum Gasteiger partial charge on any atom is 0.282 e. The van der Waals surface area contributed by atoms with Crippen molar-refractivity contribution in [3.63, 3.8) is 0 Å². The van der Waals surface area contributed by atoms with Crippen molar-refractivity contribution in [3.05, 3.63) is 110 Å². The van der Waals surface area contributed by atoms with Crippen LogP contribution in [0.3, 0.4) is 0 Å². The van der Waals surface area contributed by atoms with Gasteiger partial charge in [-0.1, -0.05) is 32.0 Å². The van der Waals surface area contributed by atoms with Gasteiger partial charge >= 0.3 is 0 Å². The van der Waals surface area contributed by atoms with Crippen molar-refractivity contribution < 1.29 is 18.9 Å². The van der Waals surface area contributed by atoms with E-state index in [1.54, 1.807) is 12.3 Å². The van der Waals surface area contributed by atoms with Crippen molar-refractivity contribution >= 4 is 33.0 Å². The van der Waals surface area contributed by atoms with Gasteiger partial charge in [-0.05, 0) is 113 Å². The first-order valence-corrected chi connectivity index (χ1v) is 15.3. The average Bonchev–Trinajstić information content (AvgIpc) is 3.48. The molecule has 0 unspecified atom stereocenters. The van der Waals surface area contributed by atoms with Crippen molar-refractivity contribution in [1.29, 1.82) is 0 Å². The Bertz CT molecular complexity index is 1950. The van der Waals surface area contributed by atoms with Crippen LogP contribution >= 0.6 is 15.9 Å².